The van der Waals surface area contributed by atoms with Crippen molar-refractivity contribution >= 4 is 5.57 Å². The highest BCUT2D eigenvalue weighted by molar-refractivity contribution is 5.74. The van der Waals surface area contributed by atoms with Gasteiger partial charge in [-0.25, -0.2) is 4.39 Å². The van der Waals surface area contributed by atoms with E-state index < -0.39 is 43.1 Å². The average Bonchev–Trinajstić information content (AvgIpc) is 2.54. The maximum absolute atomic E-state index is 14.4. The van der Waals surface area contributed by atoms with E-state index in [9.17, 15) is 24.8 Å². The Labute approximate surface area is 143 Å². The molecule has 2 heterocycles. The number of allylic oxidation sites excluding steroid dienone is 2. The number of aliphatic hydroxyl groups is 4. The van der Waals surface area contributed by atoms with Crippen molar-refractivity contribution in [1.82, 2.24) is 0 Å². The molecular formula is C17H19FO7. The molecule has 0 amide bonds. The van der Waals surface area contributed by atoms with E-state index >= 15 is 0 Å². The third-order valence-corrected chi connectivity index (χ3v) is 4.14. The van der Waals surface area contributed by atoms with Gasteiger partial charge in [-0.05, 0) is 18.6 Å². The van der Waals surface area contributed by atoms with Gasteiger partial charge in [-0.2, -0.15) is 0 Å². The molecule has 136 valence electrons. The van der Waals surface area contributed by atoms with Gasteiger partial charge in [-0.1, -0.05) is 6.58 Å². The Kier molecular flexibility index (Phi) is 4.81. The van der Waals surface area contributed by atoms with E-state index in [0.29, 0.717) is 11.3 Å². The number of halogens is 1. The molecule has 2 aliphatic rings. The van der Waals surface area contributed by atoms with E-state index in [1.165, 1.54) is 6.07 Å². The van der Waals surface area contributed by atoms with Crippen molar-refractivity contribution in [3.63, 3.8) is 0 Å². The molecular weight excluding hydrogens is 335 g/mol. The van der Waals surface area contributed by atoms with Gasteiger partial charge < -0.3 is 34.6 Å². The maximum Gasteiger partial charge on any atom is 0.229 e. The quantitative estimate of drug-likeness (QED) is 0.619. The van der Waals surface area contributed by atoms with Crippen molar-refractivity contribution < 1.29 is 39.0 Å². The van der Waals surface area contributed by atoms with Gasteiger partial charge in [-0.15, -0.1) is 0 Å². The third kappa shape index (κ3) is 3.26. The van der Waals surface area contributed by atoms with Crippen LogP contribution in [0, 0.1) is 5.82 Å². The van der Waals surface area contributed by atoms with Crippen molar-refractivity contribution in [2.24, 2.45) is 0 Å². The molecule has 1 aromatic carbocycles. The molecule has 0 unspecified atom stereocenters. The molecule has 1 aromatic rings. The number of ether oxygens (including phenoxy) is 3. The van der Waals surface area contributed by atoms with E-state index in [1.54, 1.807) is 13.0 Å². The van der Waals surface area contributed by atoms with Gasteiger partial charge in [-0.3, -0.25) is 0 Å². The highest BCUT2D eigenvalue weighted by Gasteiger charge is 2.44. The van der Waals surface area contributed by atoms with E-state index in [0.717, 1.165) is 6.07 Å². The van der Waals surface area contributed by atoms with Crippen LogP contribution in [0.25, 0.3) is 5.57 Å². The van der Waals surface area contributed by atoms with Crippen molar-refractivity contribution in [2.75, 3.05) is 6.61 Å². The van der Waals surface area contributed by atoms with Gasteiger partial charge in [0.2, 0.25) is 6.29 Å². The van der Waals surface area contributed by atoms with Crippen molar-refractivity contribution in [2.45, 2.75) is 37.6 Å². The van der Waals surface area contributed by atoms with E-state index in [-0.39, 0.29) is 17.1 Å². The number of benzene rings is 1. The molecule has 4 N–H and O–H groups in total. The molecule has 2 aliphatic heterocycles. The van der Waals surface area contributed by atoms with Gasteiger partial charge in [0.15, 0.2) is 0 Å². The van der Waals surface area contributed by atoms with E-state index in [2.05, 4.69) is 6.58 Å². The van der Waals surface area contributed by atoms with Crippen LogP contribution in [0.2, 0.25) is 0 Å². The topological polar surface area (TPSA) is 109 Å². The van der Waals surface area contributed by atoms with Crippen molar-refractivity contribution in [3.05, 3.63) is 41.9 Å². The predicted octanol–water partition coefficient (Wildman–Crippen LogP) is 0.314. The van der Waals surface area contributed by atoms with Crippen LogP contribution in [0.1, 0.15) is 12.5 Å². The van der Waals surface area contributed by atoms with Crippen LogP contribution < -0.4 is 9.47 Å². The van der Waals surface area contributed by atoms with Gasteiger partial charge in [0.25, 0.3) is 0 Å². The normalized spacial score (nSPS) is 31.8. The molecule has 7 nitrogen and oxygen atoms in total. The van der Waals surface area contributed by atoms with E-state index in [1.807, 2.05) is 0 Å². The Bertz CT molecular complexity index is 715. The number of hydrogen-bond acceptors (Lipinski definition) is 7. The first-order chi connectivity index (χ1) is 11.8. The molecule has 5 atom stereocenters. The van der Waals surface area contributed by atoms with Crippen LogP contribution in [0.5, 0.6) is 11.5 Å². The molecule has 1 fully saturated rings. The van der Waals surface area contributed by atoms with Crippen LogP contribution in [0.3, 0.4) is 0 Å². The second kappa shape index (κ2) is 6.74. The SMILES string of the molecule is C=C1C=C(C)c2c(F)cc(O[C@H]3O[C@H](CO)[C@@H](O)[C@H](O)[C@H]3O)cc2O1. The standard InChI is InChI=1S/C17H19FO7/c1-7-3-8(2)23-11-5-9(4-10(18)13(7)11)24-17-16(22)15(21)14(20)12(6-19)25-17/h3-5,12,14-17,19-22H,2,6H2,1H3/t12-,14-,15+,16-,17+/m1/s1. The lowest BCUT2D eigenvalue weighted by Crippen LogP contribution is -2.60. The first-order valence-electron chi connectivity index (χ1n) is 7.68. The molecule has 0 aromatic heterocycles. The predicted molar refractivity (Wildman–Crippen MR) is 84.2 cm³/mol. The maximum atomic E-state index is 14.4. The van der Waals surface area contributed by atoms with Crippen LogP contribution in [0.4, 0.5) is 4.39 Å². The molecule has 0 bridgehead atoms. The Morgan fingerprint density at radius 2 is 1.92 bits per heavy atom. The molecule has 8 heteroatoms. The highest BCUT2D eigenvalue weighted by Crippen LogP contribution is 2.38. The summed E-state index contributed by atoms with van der Waals surface area (Å²) in [6, 6.07) is 2.50. The Hall–Kier alpha value is -1.97. The Morgan fingerprint density at radius 3 is 2.60 bits per heavy atom. The van der Waals surface area contributed by atoms with Crippen molar-refractivity contribution in [3.8, 4) is 11.5 Å². The second-order valence-electron chi connectivity index (χ2n) is 5.99. The van der Waals surface area contributed by atoms with Crippen LogP contribution >= 0.6 is 0 Å². The zero-order valence-corrected chi connectivity index (χ0v) is 13.4. The minimum absolute atomic E-state index is 0.0110. The summed E-state index contributed by atoms with van der Waals surface area (Å²) in [4.78, 5) is 0. The molecule has 25 heavy (non-hydrogen) atoms. The van der Waals surface area contributed by atoms with E-state index in [4.69, 9.17) is 14.2 Å². The highest BCUT2D eigenvalue weighted by atomic mass is 19.1. The lowest BCUT2D eigenvalue weighted by Gasteiger charge is -2.39. The lowest BCUT2D eigenvalue weighted by atomic mass is 9.99. The minimum Gasteiger partial charge on any atom is -0.462 e. The fourth-order valence-electron chi connectivity index (χ4n) is 2.87. The molecule has 0 spiro atoms. The monoisotopic (exact) mass is 354 g/mol. The number of rotatable bonds is 3. The van der Waals surface area contributed by atoms with Gasteiger partial charge in [0.1, 0.15) is 47.5 Å². The molecule has 3 rings (SSSR count). The summed E-state index contributed by atoms with van der Waals surface area (Å²) in [6.07, 6.45) is -5.60. The average molecular weight is 354 g/mol. The summed E-state index contributed by atoms with van der Waals surface area (Å²) in [5, 5.41) is 38.7. The largest absolute Gasteiger partial charge is 0.462 e. The Balaban J connectivity index is 1.86. The summed E-state index contributed by atoms with van der Waals surface area (Å²) in [6.45, 7) is 4.80. The summed E-state index contributed by atoms with van der Waals surface area (Å²) in [7, 11) is 0. The minimum atomic E-state index is -1.59. The molecule has 0 radical (unpaired) electrons. The van der Waals surface area contributed by atoms with Crippen LogP contribution in [-0.2, 0) is 4.74 Å². The third-order valence-electron chi connectivity index (χ3n) is 4.14. The smallest absolute Gasteiger partial charge is 0.229 e. The molecule has 0 aliphatic carbocycles. The number of hydrogen-bond donors (Lipinski definition) is 4. The summed E-state index contributed by atoms with van der Waals surface area (Å²) >= 11 is 0. The van der Waals surface area contributed by atoms with Gasteiger partial charge in [0, 0.05) is 12.1 Å². The summed E-state index contributed by atoms with van der Waals surface area (Å²) in [5.74, 6) is -0.0691. The fraction of sp³-hybridized carbons (Fsp3) is 0.412. The first-order valence-corrected chi connectivity index (χ1v) is 7.68. The zero-order chi connectivity index (χ0) is 18.3. The number of aliphatic hydroxyl groups excluding tert-OH is 4. The summed E-state index contributed by atoms with van der Waals surface area (Å²) < 4.78 is 30.4. The molecule has 1 saturated heterocycles. The fourth-order valence-corrected chi connectivity index (χ4v) is 2.87. The lowest BCUT2D eigenvalue weighted by molar-refractivity contribution is -0.277. The Morgan fingerprint density at radius 1 is 1.20 bits per heavy atom. The van der Waals surface area contributed by atoms with Crippen LogP contribution in [-0.4, -0.2) is 57.7 Å². The van der Waals surface area contributed by atoms with Gasteiger partial charge in [0.05, 0.1) is 12.2 Å². The zero-order valence-electron chi connectivity index (χ0n) is 13.4. The first kappa shape index (κ1) is 17.8. The van der Waals surface area contributed by atoms with Crippen molar-refractivity contribution in [1.29, 1.82) is 0 Å². The van der Waals surface area contributed by atoms with Gasteiger partial charge >= 0.3 is 0 Å². The summed E-state index contributed by atoms with van der Waals surface area (Å²) in [5.41, 5.74) is 0.914. The second-order valence-corrected chi connectivity index (χ2v) is 5.99. The number of fused-ring (bicyclic) bond motifs is 1. The molecule has 0 saturated carbocycles. The van der Waals surface area contributed by atoms with Crippen LogP contribution in [0.15, 0.2) is 30.5 Å².